The van der Waals surface area contributed by atoms with Gasteiger partial charge < -0.3 is 10.3 Å². The fraction of sp³-hybridized carbons (Fsp3) is 0.167. The molecule has 0 saturated heterocycles. The number of ketones is 1. The van der Waals surface area contributed by atoms with Crippen LogP contribution in [0.25, 0.3) is 33.4 Å². The first-order valence-electron chi connectivity index (χ1n) is 14.6. The average molecular weight is 588 g/mol. The first kappa shape index (κ1) is 30.1. The molecule has 0 amide bonds. The number of pyridine rings is 1. The molecule has 6 rings (SSSR count). The predicted octanol–water partition coefficient (Wildman–Crippen LogP) is 7.95. The van der Waals surface area contributed by atoms with Crippen molar-refractivity contribution in [3.63, 3.8) is 0 Å². The third-order valence-electron chi connectivity index (χ3n) is 7.06. The SMILES string of the molecule is CC(=O)Cn1c(-c2ccccc2)ncc(Nc2cccc(-c3ccc(F)cc3)c2)c1=O.CCCCc1cc2cnccc2[nH]1. The van der Waals surface area contributed by atoms with Crippen molar-refractivity contribution < 1.29 is 9.18 Å². The maximum atomic E-state index is 13.2. The molecule has 0 aliphatic carbocycles. The van der Waals surface area contributed by atoms with Crippen LogP contribution in [0, 0.1) is 5.82 Å². The summed E-state index contributed by atoms with van der Waals surface area (Å²) < 4.78 is 14.6. The summed E-state index contributed by atoms with van der Waals surface area (Å²) >= 11 is 0. The van der Waals surface area contributed by atoms with Gasteiger partial charge in [0, 0.05) is 40.2 Å². The lowest BCUT2D eigenvalue weighted by Crippen LogP contribution is -2.27. The van der Waals surface area contributed by atoms with E-state index in [1.807, 2.05) is 73.1 Å². The number of aromatic nitrogens is 4. The van der Waals surface area contributed by atoms with Crippen molar-refractivity contribution in [2.45, 2.75) is 39.7 Å². The van der Waals surface area contributed by atoms with Gasteiger partial charge in [-0.3, -0.25) is 19.1 Å². The summed E-state index contributed by atoms with van der Waals surface area (Å²) in [6.07, 6.45) is 8.84. The Hall–Kier alpha value is -5.37. The molecule has 8 heteroatoms. The van der Waals surface area contributed by atoms with Gasteiger partial charge in [-0.05, 0) is 67.3 Å². The second-order valence-electron chi connectivity index (χ2n) is 10.5. The number of aromatic amines is 1. The highest BCUT2D eigenvalue weighted by molar-refractivity contribution is 5.79. The molecule has 0 spiro atoms. The maximum absolute atomic E-state index is 13.2. The molecule has 0 aliphatic rings. The van der Waals surface area contributed by atoms with Gasteiger partial charge in [0.1, 0.15) is 23.1 Å². The van der Waals surface area contributed by atoms with E-state index in [2.05, 4.69) is 33.3 Å². The van der Waals surface area contributed by atoms with Crippen LogP contribution in [0.5, 0.6) is 0 Å². The van der Waals surface area contributed by atoms with Gasteiger partial charge in [0.2, 0.25) is 0 Å². The van der Waals surface area contributed by atoms with Crippen molar-refractivity contribution in [2.24, 2.45) is 0 Å². The molecule has 0 aliphatic heterocycles. The third-order valence-corrected chi connectivity index (χ3v) is 7.06. The number of anilines is 2. The molecule has 0 unspecified atom stereocenters. The van der Waals surface area contributed by atoms with Crippen molar-refractivity contribution in [2.75, 3.05) is 5.32 Å². The fourth-order valence-corrected chi connectivity index (χ4v) is 4.87. The van der Waals surface area contributed by atoms with Crippen LogP contribution < -0.4 is 10.9 Å². The molecule has 0 radical (unpaired) electrons. The Kier molecular flexibility index (Phi) is 9.71. The number of aryl methyl sites for hydroxylation is 1. The average Bonchev–Trinajstić information content (AvgIpc) is 3.46. The maximum Gasteiger partial charge on any atom is 0.277 e. The normalized spacial score (nSPS) is 10.7. The summed E-state index contributed by atoms with van der Waals surface area (Å²) in [5.41, 5.74) is 5.62. The molecule has 0 fully saturated rings. The van der Waals surface area contributed by atoms with Gasteiger partial charge >= 0.3 is 0 Å². The third kappa shape index (κ3) is 7.52. The van der Waals surface area contributed by atoms with E-state index in [1.165, 1.54) is 59.3 Å². The number of nitrogens with zero attached hydrogens (tertiary/aromatic N) is 3. The molecule has 2 N–H and O–H groups in total. The number of fused-ring (bicyclic) bond motifs is 1. The number of hydrogen-bond acceptors (Lipinski definition) is 5. The summed E-state index contributed by atoms with van der Waals surface area (Å²) in [6, 6.07) is 27.1. The Balaban J connectivity index is 0.000000245. The lowest BCUT2D eigenvalue weighted by molar-refractivity contribution is -0.117. The number of hydrogen-bond donors (Lipinski definition) is 2. The molecular weight excluding hydrogens is 553 g/mol. The van der Waals surface area contributed by atoms with Crippen molar-refractivity contribution in [3.8, 4) is 22.5 Å². The number of H-pyrrole nitrogens is 1. The van der Waals surface area contributed by atoms with Crippen LogP contribution in [0.3, 0.4) is 0 Å². The summed E-state index contributed by atoms with van der Waals surface area (Å²) in [7, 11) is 0. The Bertz CT molecular complexity index is 1880. The molecule has 0 atom stereocenters. The van der Waals surface area contributed by atoms with Crippen molar-refractivity contribution >= 4 is 28.1 Å². The van der Waals surface area contributed by atoms with Crippen molar-refractivity contribution in [3.05, 3.63) is 131 Å². The highest BCUT2D eigenvalue weighted by Gasteiger charge is 2.14. The van der Waals surface area contributed by atoms with E-state index in [0.717, 1.165) is 23.1 Å². The van der Waals surface area contributed by atoms with E-state index in [1.54, 1.807) is 12.1 Å². The lowest BCUT2D eigenvalue weighted by atomic mass is 10.1. The zero-order valence-corrected chi connectivity index (χ0v) is 24.8. The van der Waals surface area contributed by atoms with Gasteiger partial charge in [-0.1, -0.05) is 67.9 Å². The quantitative estimate of drug-likeness (QED) is 0.179. The summed E-state index contributed by atoms with van der Waals surface area (Å²) in [5, 5.41) is 4.32. The first-order chi connectivity index (χ1) is 21.4. The van der Waals surface area contributed by atoms with Gasteiger partial charge in [0.15, 0.2) is 0 Å². The number of halogens is 1. The number of carbonyl (C=O) groups excluding carboxylic acids is 1. The number of nitrogens with one attached hydrogen (secondary N) is 2. The summed E-state index contributed by atoms with van der Waals surface area (Å²) in [5.74, 6) is -0.00316. The second kappa shape index (κ2) is 14.2. The van der Waals surface area contributed by atoms with Crippen LogP contribution in [-0.2, 0) is 17.8 Å². The van der Waals surface area contributed by atoms with Crippen molar-refractivity contribution in [1.82, 2.24) is 19.5 Å². The number of Topliss-reactive ketones (excluding diaryl/α,β-unsaturated/α-hetero) is 1. The Morgan fingerprint density at radius 1 is 0.909 bits per heavy atom. The largest absolute Gasteiger partial charge is 0.358 e. The molecule has 3 heterocycles. The van der Waals surface area contributed by atoms with E-state index < -0.39 is 0 Å². The Morgan fingerprint density at radius 3 is 2.41 bits per heavy atom. The first-order valence-corrected chi connectivity index (χ1v) is 14.6. The van der Waals surface area contributed by atoms with E-state index in [-0.39, 0.29) is 29.4 Å². The highest BCUT2D eigenvalue weighted by atomic mass is 19.1. The van der Waals surface area contributed by atoms with Gasteiger partial charge in [0.05, 0.1) is 12.7 Å². The van der Waals surface area contributed by atoms with Crippen LogP contribution in [-0.4, -0.2) is 25.3 Å². The van der Waals surface area contributed by atoms with Crippen LogP contribution in [0.15, 0.2) is 114 Å². The zero-order valence-electron chi connectivity index (χ0n) is 24.8. The molecular formula is C36H34FN5O2. The number of carbonyl (C=O) groups is 1. The molecule has 6 aromatic rings. The topological polar surface area (TPSA) is 92.7 Å². The Labute approximate surface area is 255 Å². The van der Waals surface area contributed by atoms with E-state index in [0.29, 0.717) is 11.5 Å². The molecule has 0 saturated carbocycles. The van der Waals surface area contributed by atoms with Crippen LogP contribution in [0.4, 0.5) is 15.8 Å². The smallest absolute Gasteiger partial charge is 0.277 e. The molecule has 0 bridgehead atoms. The summed E-state index contributed by atoms with van der Waals surface area (Å²) in [4.78, 5) is 36.9. The zero-order chi connectivity index (χ0) is 30.9. The molecule has 3 aromatic heterocycles. The van der Waals surface area contributed by atoms with Crippen LogP contribution >= 0.6 is 0 Å². The van der Waals surface area contributed by atoms with Gasteiger partial charge in [-0.15, -0.1) is 0 Å². The van der Waals surface area contributed by atoms with E-state index >= 15 is 0 Å². The monoisotopic (exact) mass is 587 g/mol. The molecule has 222 valence electrons. The predicted molar refractivity (Wildman–Crippen MR) is 174 cm³/mol. The Morgan fingerprint density at radius 2 is 1.68 bits per heavy atom. The fourth-order valence-electron chi connectivity index (χ4n) is 4.87. The molecule has 44 heavy (non-hydrogen) atoms. The van der Waals surface area contributed by atoms with Crippen LogP contribution in [0.2, 0.25) is 0 Å². The number of rotatable bonds is 9. The minimum absolute atomic E-state index is 0.0683. The minimum Gasteiger partial charge on any atom is -0.358 e. The number of benzene rings is 3. The van der Waals surface area contributed by atoms with Crippen molar-refractivity contribution in [1.29, 1.82) is 0 Å². The molecule has 7 nitrogen and oxygen atoms in total. The summed E-state index contributed by atoms with van der Waals surface area (Å²) in [6.45, 7) is 3.58. The van der Waals surface area contributed by atoms with Gasteiger partial charge in [-0.2, -0.15) is 0 Å². The van der Waals surface area contributed by atoms with E-state index in [9.17, 15) is 14.0 Å². The van der Waals surface area contributed by atoms with Gasteiger partial charge in [-0.25, -0.2) is 9.37 Å². The van der Waals surface area contributed by atoms with Gasteiger partial charge in [0.25, 0.3) is 5.56 Å². The lowest BCUT2D eigenvalue weighted by Gasteiger charge is -2.14. The number of unbranched alkanes of at least 4 members (excludes halogenated alkanes) is 1. The molecule has 3 aromatic carbocycles. The van der Waals surface area contributed by atoms with E-state index in [4.69, 9.17) is 0 Å². The van der Waals surface area contributed by atoms with Crippen LogP contribution in [0.1, 0.15) is 32.4 Å². The minimum atomic E-state index is -0.337. The second-order valence-corrected chi connectivity index (χ2v) is 10.5. The standard InChI is InChI=1S/C25H20FN3O2.C11H14N2/c1-17(30)16-29-24(19-6-3-2-4-7-19)27-15-23(25(29)31)28-22-9-5-8-20(14-22)18-10-12-21(26)13-11-18;1-2-3-4-10-7-9-8-12-6-5-11(9)13-10/h2-15,28H,16H2,1H3;5-8,13H,2-4H2,1H3. The highest BCUT2D eigenvalue weighted by Crippen LogP contribution is 2.25.